The summed E-state index contributed by atoms with van der Waals surface area (Å²) < 4.78 is 28.8. The molecule has 2 N–H and O–H groups in total. The van der Waals surface area contributed by atoms with Gasteiger partial charge in [-0.15, -0.1) is 11.8 Å². The van der Waals surface area contributed by atoms with Crippen LogP contribution in [-0.4, -0.2) is 16.0 Å². The number of nitrogen functional groups attached to an aromatic ring is 1. The molecule has 1 aromatic carbocycles. The summed E-state index contributed by atoms with van der Waals surface area (Å²) in [7, 11) is 1.66. The molecule has 6 heteroatoms. The van der Waals surface area contributed by atoms with Gasteiger partial charge in [-0.1, -0.05) is 0 Å². The first kappa shape index (κ1) is 11.9. The maximum atomic E-state index is 14.0. The van der Waals surface area contributed by atoms with E-state index in [4.69, 9.17) is 5.73 Å². The molecule has 0 saturated heterocycles. The topological polar surface area (TPSA) is 43.8 Å². The number of thioether (sulfide) groups is 1. The minimum Gasteiger partial charge on any atom is -0.384 e. The minimum atomic E-state index is -0.601. The number of rotatable bonds is 2. The molecule has 0 bridgehead atoms. The van der Waals surface area contributed by atoms with Crippen LogP contribution >= 0.6 is 11.8 Å². The minimum absolute atomic E-state index is 0.00766. The molecule has 0 amide bonds. The number of aromatic nitrogens is 2. The molecule has 0 aliphatic rings. The van der Waals surface area contributed by atoms with Crippen molar-refractivity contribution in [3.8, 4) is 11.3 Å². The molecule has 0 aliphatic carbocycles. The van der Waals surface area contributed by atoms with Crippen LogP contribution in [0.3, 0.4) is 0 Å². The van der Waals surface area contributed by atoms with Gasteiger partial charge in [0.2, 0.25) is 0 Å². The quantitative estimate of drug-likeness (QED) is 0.839. The van der Waals surface area contributed by atoms with Crippen molar-refractivity contribution in [3.63, 3.8) is 0 Å². The zero-order valence-corrected chi connectivity index (χ0v) is 10.2. The standard InChI is InChI=1S/C11H11F2N3S/c1-16-9(14)5-8(15-16)6-3-4-7(12)11(17-2)10(6)13/h3-5H,14H2,1-2H3. The van der Waals surface area contributed by atoms with Crippen molar-refractivity contribution in [3.05, 3.63) is 29.8 Å². The summed E-state index contributed by atoms with van der Waals surface area (Å²) in [6.45, 7) is 0. The Kier molecular flexibility index (Phi) is 3.06. The zero-order chi connectivity index (χ0) is 12.6. The first-order valence-corrected chi connectivity index (χ1v) is 6.09. The summed E-state index contributed by atoms with van der Waals surface area (Å²) in [6.07, 6.45) is 1.62. The number of hydrogen-bond donors (Lipinski definition) is 1. The van der Waals surface area contributed by atoms with E-state index in [0.29, 0.717) is 11.5 Å². The fraction of sp³-hybridized carbons (Fsp3) is 0.182. The fourth-order valence-electron chi connectivity index (χ4n) is 1.53. The Hall–Kier alpha value is -1.56. The van der Waals surface area contributed by atoms with E-state index in [1.807, 2.05) is 0 Å². The van der Waals surface area contributed by atoms with Crippen LogP contribution < -0.4 is 5.73 Å². The lowest BCUT2D eigenvalue weighted by Gasteiger charge is -2.05. The number of nitrogens with zero attached hydrogens (tertiary/aromatic N) is 2. The highest BCUT2D eigenvalue weighted by molar-refractivity contribution is 7.98. The predicted molar refractivity (Wildman–Crippen MR) is 64.8 cm³/mol. The number of anilines is 1. The maximum absolute atomic E-state index is 14.0. The van der Waals surface area contributed by atoms with Crippen LogP contribution in [0, 0.1) is 11.6 Å². The third kappa shape index (κ3) is 2.00. The Morgan fingerprint density at radius 1 is 1.35 bits per heavy atom. The summed E-state index contributed by atoms with van der Waals surface area (Å²) in [5.41, 5.74) is 6.28. The van der Waals surface area contributed by atoms with Gasteiger partial charge in [0.05, 0.1) is 10.6 Å². The van der Waals surface area contributed by atoms with Crippen molar-refractivity contribution >= 4 is 17.6 Å². The predicted octanol–water partition coefficient (Wildman–Crippen LogP) is 2.67. The summed E-state index contributed by atoms with van der Waals surface area (Å²) in [4.78, 5) is -0.00766. The Morgan fingerprint density at radius 2 is 2.06 bits per heavy atom. The molecule has 0 atom stereocenters. The summed E-state index contributed by atoms with van der Waals surface area (Å²) >= 11 is 1.03. The third-order valence-electron chi connectivity index (χ3n) is 2.45. The molecular formula is C11H11F2N3S. The number of aryl methyl sites for hydroxylation is 1. The molecule has 2 aromatic rings. The van der Waals surface area contributed by atoms with Gasteiger partial charge in [-0.05, 0) is 18.4 Å². The molecule has 0 fully saturated rings. The molecule has 0 radical (unpaired) electrons. The van der Waals surface area contributed by atoms with Gasteiger partial charge in [0, 0.05) is 18.7 Å². The van der Waals surface area contributed by atoms with Crippen molar-refractivity contribution in [1.82, 2.24) is 9.78 Å². The highest BCUT2D eigenvalue weighted by Gasteiger charge is 2.16. The normalized spacial score (nSPS) is 10.8. The van der Waals surface area contributed by atoms with Gasteiger partial charge in [-0.2, -0.15) is 5.10 Å². The van der Waals surface area contributed by atoms with Crippen LogP contribution in [0.5, 0.6) is 0 Å². The fourth-order valence-corrected chi connectivity index (χ4v) is 2.08. The molecule has 2 rings (SSSR count). The Morgan fingerprint density at radius 3 is 2.59 bits per heavy atom. The molecule has 0 unspecified atom stereocenters. The summed E-state index contributed by atoms with van der Waals surface area (Å²) in [6, 6.07) is 4.15. The van der Waals surface area contributed by atoms with Gasteiger partial charge in [0.15, 0.2) is 0 Å². The smallest absolute Gasteiger partial charge is 0.149 e. The van der Waals surface area contributed by atoms with Crippen LogP contribution in [0.15, 0.2) is 23.1 Å². The molecule has 1 heterocycles. The number of hydrogen-bond acceptors (Lipinski definition) is 3. The molecule has 17 heavy (non-hydrogen) atoms. The molecule has 0 spiro atoms. The van der Waals surface area contributed by atoms with Crippen molar-refractivity contribution in [1.29, 1.82) is 0 Å². The van der Waals surface area contributed by atoms with Gasteiger partial charge < -0.3 is 5.73 Å². The Balaban J connectivity index is 2.60. The lowest BCUT2D eigenvalue weighted by atomic mass is 10.1. The van der Waals surface area contributed by atoms with E-state index in [0.717, 1.165) is 11.8 Å². The Labute approximate surface area is 102 Å². The average molecular weight is 255 g/mol. The first-order valence-electron chi connectivity index (χ1n) is 4.86. The van der Waals surface area contributed by atoms with Gasteiger partial charge in [-0.3, -0.25) is 4.68 Å². The largest absolute Gasteiger partial charge is 0.384 e. The van der Waals surface area contributed by atoms with E-state index in [1.54, 1.807) is 19.4 Å². The third-order valence-corrected chi connectivity index (χ3v) is 3.23. The highest BCUT2D eigenvalue weighted by Crippen LogP contribution is 2.31. The van der Waals surface area contributed by atoms with Crippen molar-refractivity contribution in [2.45, 2.75) is 4.90 Å². The van der Waals surface area contributed by atoms with Crippen LogP contribution in [0.1, 0.15) is 0 Å². The first-order chi connectivity index (χ1) is 8.04. The van der Waals surface area contributed by atoms with E-state index in [2.05, 4.69) is 5.10 Å². The van der Waals surface area contributed by atoms with Crippen LogP contribution in [0.4, 0.5) is 14.6 Å². The second-order valence-electron chi connectivity index (χ2n) is 3.52. The van der Waals surface area contributed by atoms with E-state index in [-0.39, 0.29) is 10.5 Å². The number of nitrogens with two attached hydrogens (primary N) is 1. The SMILES string of the molecule is CSc1c(F)ccc(-c2cc(N)n(C)n2)c1F. The van der Waals surface area contributed by atoms with Crippen molar-refractivity contribution in [2.75, 3.05) is 12.0 Å². The molecular weight excluding hydrogens is 244 g/mol. The second kappa shape index (κ2) is 4.37. The zero-order valence-electron chi connectivity index (χ0n) is 9.37. The summed E-state index contributed by atoms with van der Waals surface area (Å²) in [5.74, 6) is -0.743. The van der Waals surface area contributed by atoms with E-state index in [9.17, 15) is 8.78 Å². The van der Waals surface area contributed by atoms with Gasteiger partial charge in [0.1, 0.15) is 17.5 Å². The molecule has 0 saturated carbocycles. The van der Waals surface area contributed by atoms with Crippen LogP contribution in [0.2, 0.25) is 0 Å². The Bertz CT molecular complexity index is 547. The molecule has 90 valence electrons. The number of halogens is 2. The summed E-state index contributed by atoms with van der Waals surface area (Å²) in [5, 5.41) is 4.07. The lowest BCUT2D eigenvalue weighted by molar-refractivity contribution is 0.543. The number of benzene rings is 1. The van der Waals surface area contributed by atoms with Crippen LogP contribution in [-0.2, 0) is 7.05 Å². The molecule has 0 aliphatic heterocycles. The van der Waals surface area contributed by atoms with Crippen molar-refractivity contribution in [2.24, 2.45) is 7.05 Å². The van der Waals surface area contributed by atoms with E-state index >= 15 is 0 Å². The lowest BCUT2D eigenvalue weighted by Crippen LogP contribution is -1.97. The average Bonchev–Trinajstić information content (AvgIpc) is 2.59. The van der Waals surface area contributed by atoms with Gasteiger partial charge in [-0.25, -0.2) is 8.78 Å². The van der Waals surface area contributed by atoms with Crippen LogP contribution in [0.25, 0.3) is 11.3 Å². The second-order valence-corrected chi connectivity index (χ2v) is 4.34. The monoisotopic (exact) mass is 255 g/mol. The molecule has 1 aromatic heterocycles. The van der Waals surface area contributed by atoms with E-state index < -0.39 is 11.6 Å². The maximum Gasteiger partial charge on any atom is 0.149 e. The van der Waals surface area contributed by atoms with E-state index in [1.165, 1.54) is 16.8 Å². The van der Waals surface area contributed by atoms with Gasteiger partial charge in [0.25, 0.3) is 0 Å². The van der Waals surface area contributed by atoms with Gasteiger partial charge >= 0.3 is 0 Å². The molecule has 3 nitrogen and oxygen atoms in total. The highest BCUT2D eigenvalue weighted by atomic mass is 32.2. The van der Waals surface area contributed by atoms with Crippen molar-refractivity contribution < 1.29 is 8.78 Å².